The van der Waals surface area contributed by atoms with E-state index >= 15 is 0 Å². The second-order valence-electron chi connectivity index (χ2n) is 8.64. The van der Waals surface area contributed by atoms with Crippen LogP contribution in [0.4, 0.5) is 11.4 Å². The number of nitriles is 1. The minimum absolute atomic E-state index is 0.141. The molecule has 1 aromatic rings. The molecule has 0 bridgehead atoms. The van der Waals surface area contributed by atoms with Crippen molar-refractivity contribution in [2.75, 3.05) is 56.2 Å². The summed E-state index contributed by atoms with van der Waals surface area (Å²) in [6, 6.07) is 4.26. The van der Waals surface area contributed by atoms with Crippen molar-refractivity contribution in [3.8, 4) is 6.07 Å². The number of nitrogens with zero attached hydrogens (tertiary/aromatic N) is 5. The molecule has 0 aliphatic carbocycles. The molecule has 1 aromatic heterocycles. The van der Waals surface area contributed by atoms with E-state index in [-0.39, 0.29) is 11.5 Å². The first-order valence-corrected chi connectivity index (χ1v) is 10.9. The predicted molar refractivity (Wildman–Crippen MR) is 117 cm³/mol. The first kappa shape index (κ1) is 20.6. The number of carbonyl (C=O) groups is 1. The number of rotatable bonds is 4. The predicted octanol–water partition coefficient (Wildman–Crippen LogP) is 1.74. The van der Waals surface area contributed by atoms with Crippen LogP contribution in [-0.2, 0) is 4.79 Å². The summed E-state index contributed by atoms with van der Waals surface area (Å²) >= 11 is 0. The molecular weight excluding hydrogens is 378 g/mol. The van der Waals surface area contributed by atoms with Gasteiger partial charge in [0.1, 0.15) is 11.6 Å². The van der Waals surface area contributed by atoms with E-state index in [1.54, 1.807) is 12.4 Å². The Morgan fingerprint density at radius 3 is 2.60 bits per heavy atom. The molecule has 0 unspecified atom stereocenters. The Balaban J connectivity index is 1.81. The van der Waals surface area contributed by atoms with Crippen LogP contribution in [0, 0.1) is 11.3 Å². The van der Waals surface area contributed by atoms with Crippen LogP contribution in [0.25, 0.3) is 0 Å². The summed E-state index contributed by atoms with van der Waals surface area (Å²) in [6.45, 7) is 9.78. The Labute approximate surface area is 178 Å². The third kappa shape index (κ3) is 3.75. The van der Waals surface area contributed by atoms with E-state index in [0.717, 1.165) is 75.6 Å². The van der Waals surface area contributed by atoms with Crippen LogP contribution >= 0.6 is 0 Å². The SMILES string of the molecule is CC(C)(C(=C(C#N)C(=O)N1CCCCC1)N1CNc2cnccc21)N1CCNCC1. The van der Waals surface area contributed by atoms with Gasteiger partial charge in [-0.2, -0.15) is 5.26 Å². The van der Waals surface area contributed by atoms with Crippen molar-refractivity contribution in [1.82, 2.24) is 20.1 Å². The van der Waals surface area contributed by atoms with Crippen molar-refractivity contribution < 1.29 is 4.79 Å². The number of pyridine rings is 1. The fraction of sp³-hybridized carbons (Fsp3) is 0.591. The molecule has 4 heterocycles. The second kappa shape index (κ2) is 8.62. The lowest BCUT2D eigenvalue weighted by molar-refractivity contribution is -0.127. The molecule has 0 atom stereocenters. The molecule has 3 aliphatic rings. The van der Waals surface area contributed by atoms with Crippen molar-refractivity contribution in [2.24, 2.45) is 0 Å². The van der Waals surface area contributed by atoms with Crippen LogP contribution in [0.5, 0.6) is 0 Å². The van der Waals surface area contributed by atoms with Gasteiger partial charge >= 0.3 is 0 Å². The van der Waals surface area contributed by atoms with Gasteiger partial charge in [0, 0.05) is 45.5 Å². The highest BCUT2D eigenvalue weighted by Crippen LogP contribution is 2.39. The van der Waals surface area contributed by atoms with Crippen LogP contribution < -0.4 is 15.5 Å². The van der Waals surface area contributed by atoms with E-state index < -0.39 is 5.54 Å². The minimum Gasteiger partial charge on any atom is -0.364 e. The number of hydrogen-bond acceptors (Lipinski definition) is 7. The van der Waals surface area contributed by atoms with Crippen molar-refractivity contribution in [1.29, 1.82) is 5.26 Å². The molecule has 30 heavy (non-hydrogen) atoms. The van der Waals surface area contributed by atoms with Gasteiger partial charge in [-0.05, 0) is 39.2 Å². The zero-order valence-corrected chi connectivity index (χ0v) is 17.9. The molecule has 160 valence electrons. The molecule has 0 saturated carbocycles. The standard InChI is InChI=1S/C22H31N7O/c1-22(2,28-12-8-24-9-13-28)20(29-16-26-18-15-25-7-6-19(18)29)17(14-23)21(30)27-10-4-3-5-11-27/h6-7,15,24,26H,3-5,8-13,16H2,1-2H3. The fourth-order valence-electron chi connectivity index (χ4n) is 4.81. The zero-order valence-electron chi connectivity index (χ0n) is 17.9. The molecule has 4 rings (SSSR count). The van der Waals surface area contributed by atoms with Crippen molar-refractivity contribution in [2.45, 2.75) is 38.6 Å². The number of amides is 1. The van der Waals surface area contributed by atoms with Gasteiger partial charge in [0.2, 0.25) is 0 Å². The molecule has 0 radical (unpaired) electrons. The van der Waals surface area contributed by atoms with E-state index in [2.05, 4.69) is 45.3 Å². The average molecular weight is 410 g/mol. The number of nitrogens with one attached hydrogen (secondary N) is 2. The lowest BCUT2D eigenvalue weighted by Crippen LogP contribution is -2.57. The maximum Gasteiger partial charge on any atom is 0.266 e. The van der Waals surface area contributed by atoms with Gasteiger partial charge in [0.05, 0.1) is 35.5 Å². The number of piperazine rings is 1. The van der Waals surface area contributed by atoms with E-state index in [4.69, 9.17) is 0 Å². The number of fused-ring (bicyclic) bond motifs is 1. The molecule has 3 aliphatic heterocycles. The molecule has 2 N–H and O–H groups in total. The summed E-state index contributed by atoms with van der Waals surface area (Å²) in [5.74, 6) is -0.141. The van der Waals surface area contributed by atoms with Gasteiger partial charge in [-0.3, -0.25) is 14.7 Å². The van der Waals surface area contributed by atoms with Gasteiger partial charge in [-0.25, -0.2) is 0 Å². The van der Waals surface area contributed by atoms with Gasteiger partial charge in [0.25, 0.3) is 5.91 Å². The highest BCUT2D eigenvalue weighted by molar-refractivity contribution is 5.99. The van der Waals surface area contributed by atoms with Crippen LogP contribution in [0.15, 0.2) is 29.7 Å². The van der Waals surface area contributed by atoms with Crippen LogP contribution in [-0.4, -0.2) is 72.2 Å². The summed E-state index contributed by atoms with van der Waals surface area (Å²) in [7, 11) is 0. The zero-order chi connectivity index (χ0) is 21.1. The summed E-state index contributed by atoms with van der Waals surface area (Å²) in [4.78, 5) is 24.1. The smallest absolute Gasteiger partial charge is 0.266 e. The summed E-state index contributed by atoms with van der Waals surface area (Å²) in [6.07, 6.45) is 6.70. The third-order valence-electron chi connectivity index (χ3n) is 6.48. The van der Waals surface area contributed by atoms with E-state index in [1.807, 2.05) is 11.0 Å². The molecule has 2 saturated heterocycles. The first-order chi connectivity index (χ1) is 14.5. The van der Waals surface area contributed by atoms with Crippen LogP contribution in [0.1, 0.15) is 33.1 Å². The molecule has 8 heteroatoms. The maximum atomic E-state index is 13.5. The van der Waals surface area contributed by atoms with Crippen LogP contribution in [0.3, 0.4) is 0 Å². The van der Waals surface area contributed by atoms with E-state index in [9.17, 15) is 10.1 Å². The Morgan fingerprint density at radius 2 is 1.90 bits per heavy atom. The van der Waals surface area contributed by atoms with Crippen molar-refractivity contribution in [3.63, 3.8) is 0 Å². The monoisotopic (exact) mass is 409 g/mol. The van der Waals surface area contributed by atoms with E-state index in [0.29, 0.717) is 6.67 Å². The van der Waals surface area contributed by atoms with Gasteiger partial charge < -0.3 is 20.4 Å². The number of aromatic nitrogens is 1. The quantitative estimate of drug-likeness (QED) is 0.579. The number of carbonyl (C=O) groups excluding carboxylic acids is 1. The van der Waals surface area contributed by atoms with Crippen molar-refractivity contribution in [3.05, 3.63) is 29.7 Å². The summed E-state index contributed by atoms with van der Waals surface area (Å²) in [5, 5.41) is 17.0. The van der Waals surface area contributed by atoms with E-state index in [1.165, 1.54) is 0 Å². The average Bonchev–Trinajstić information content (AvgIpc) is 3.21. The molecule has 0 aromatic carbocycles. The van der Waals surface area contributed by atoms with Gasteiger partial charge in [0.15, 0.2) is 0 Å². The highest BCUT2D eigenvalue weighted by atomic mass is 16.2. The minimum atomic E-state index is -0.481. The third-order valence-corrected chi connectivity index (χ3v) is 6.48. The number of piperidine rings is 1. The lowest BCUT2D eigenvalue weighted by Gasteiger charge is -2.45. The maximum absolute atomic E-state index is 13.5. The molecule has 2 fully saturated rings. The lowest BCUT2D eigenvalue weighted by atomic mass is 9.91. The molecule has 1 amide bonds. The Kier molecular flexibility index (Phi) is 5.93. The topological polar surface area (TPSA) is 87.5 Å². The molecule has 8 nitrogen and oxygen atoms in total. The largest absolute Gasteiger partial charge is 0.364 e. The Morgan fingerprint density at radius 1 is 1.17 bits per heavy atom. The number of anilines is 2. The molecule has 0 spiro atoms. The number of hydrogen-bond donors (Lipinski definition) is 2. The summed E-state index contributed by atoms with van der Waals surface area (Å²) in [5.41, 5.74) is 2.44. The fourth-order valence-corrected chi connectivity index (χ4v) is 4.81. The molecular formula is C22H31N7O. The second-order valence-corrected chi connectivity index (χ2v) is 8.64. The van der Waals surface area contributed by atoms with Gasteiger partial charge in [-0.1, -0.05) is 0 Å². The van der Waals surface area contributed by atoms with Crippen molar-refractivity contribution >= 4 is 17.3 Å². The van der Waals surface area contributed by atoms with Crippen LogP contribution in [0.2, 0.25) is 0 Å². The Hall–Kier alpha value is -2.63. The Bertz CT molecular complexity index is 860. The first-order valence-electron chi connectivity index (χ1n) is 10.9. The van der Waals surface area contributed by atoms with Gasteiger partial charge in [-0.15, -0.1) is 0 Å². The number of likely N-dealkylation sites (tertiary alicyclic amines) is 1. The highest BCUT2D eigenvalue weighted by Gasteiger charge is 2.41. The normalized spacial score (nSPS) is 20.8. The summed E-state index contributed by atoms with van der Waals surface area (Å²) < 4.78 is 0.